The van der Waals surface area contributed by atoms with Crippen LogP contribution in [0.4, 0.5) is 0 Å². The van der Waals surface area contributed by atoms with Crippen LogP contribution in [0.2, 0.25) is 0 Å². The molecule has 0 bridgehead atoms. The van der Waals surface area contributed by atoms with Crippen LogP contribution in [0.1, 0.15) is 0 Å². The quantitative estimate of drug-likeness (QED) is 0.812. The van der Waals surface area contributed by atoms with E-state index < -0.39 is 0 Å². The fraction of sp³-hybridized carbons (Fsp3) is 0.286. The third kappa shape index (κ3) is 11.3. The Morgan fingerprint density at radius 1 is 1.05 bits per heavy atom. The number of H-pyrrole nitrogens is 1. The van der Waals surface area contributed by atoms with Crippen molar-refractivity contribution in [2.45, 2.75) is 6.54 Å². The summed E-state index contributed by atoms with van der Waals surface area (Å²) >= 11 is 13.7. The highest BCUT2D eigenvalue weighted by atomic mass is 79.9. The van der Waals surface area contributed by atoms with E-state index in [0.717, 1.165) is 5.33 Å². The molecule has 0 aliphatic heterocycles. The molecule has 2 heterocycles. The van der Waals surface area contributed by atoms with Crippen LogP contribution in [0.25, 0.3) is 0 Å². The van der Waals surface area contributed by atoms with Crippen molar-refractivity contribution in [3.8, 4) is 0 Å². The second-order valence-corrected chi connectivity index (χ2v) is 5.07. The number of rotatable bonds is 3. The van der Waals surface area contributed by atoms with Gasteiger partial charge in [0.25, 0.3) is 5.56 Å². The van der Waals surface area contributed by atoms with Crippen LogP contribution >= 0.6 is 39.1 Å². The number of nitrogens with zero attached hydrogens (tertiary/aromatic N) is 1. The molecule has 7 heteroatoms. The van der Waals surface area contributed by atoms with Gasteiger partial charge in [0.05, 0.1) is 0 Å². The fourth-order valence-electron chi connectivity index (χ4n) is 1.11. The fourth-order valence-corrected chi connectivity index (χ4v) is 1.30. The summed E-state index contributed by atoms with van der Waals surface area (Å²) in [6.07, 6.45) is 3.33. The molecule has 4 nitrogen and oxygen atoms in total. The van der Waals surface area contributed by atoms with Crippen LogP contribution in [-0.2, 0) is 6.54 Å². The van der Waals surface area contributed by atoms with Gasteiger partial charge in [-0.05, 0) is 12.1 Å². The van der Waals surface area contributed by atoms with Crippen molar-refractivity contribution in [1.29, 1.82) is 0 Å². The smallest absolute Gasteiger partial charge is 0.250 e. The predicted octanol–water partition coefficient (Wildman–Crippen LogP) is 3.08. The summed E-state index contributed by atoms with van der Waals surface area (Å²) in [4.78, 5) is 23.6. The lowest BCUT2D eigenvalue weighted by atomic mass is 10.5. The zero-order valence-corrected chi connectivity index (χ0v) is 14.4. The SMILES string of the molecule is ClCCBr.O=c1cccc[nH]1.O=c1ccccn1CCCl. The third-order valence-electron chi connectivity index (χ3n) is 1.98. The van der Waals surface area contributed by atoms with Gasteiger partial charge in [-0.25, -0.2) is 0 Å². The molecule has 0 aliphatic rings. The molecule has 2 rings (SSSR count). The maximum absolute atomic E-state index is 10.9. The first-order valence-corrected chi connectivity index (χ1v) is 8.31. The minimum atomic E-state index is -0.0532. The molecular weight excluding hydrogens is 379 g/mol. The van der Waals surface area contributed by atoms with Crippen LogP contribution in [0, 0.1) is 0 Å². The molecule has 21 heavy (non-hydrogen) atoms. The Hall–Kier alpha value is -1.04. The molecule has 116 valence electrons. The lowest BCUT2D eigenvalue weighted by Crippen LogP contribution is -2.18. The highest BCUT2D eigenvalue weighted by Crippen LogP contribution is 1.83. The number of hydrogen-bond donors (Lipinski definition) is 1. The van der Waals surface area contributed by atoms with Crippen LogP contribution in [0.3, 0.4) is 0 Å². The zero-order chi connectivity index (χ0) is 15.9. The first-order chi connectivity index (χ1) is 10.2. The summed E-state index contributed by atoms with van der Waals surface area (Å²) in [5.41, 5.74) is -0.0503. The summed E-state index contributed by atoms with van der Waals surface area (Å²) < 4.78 is 1.58. The van der Waals surface area contributed by atoms with Crippen molar-refractivity contribution >= 4 is 39.1 Å². The van der Waals surface area contributed by atoms with Crippen molar-refractivity contribution in [2.24, 2.45) is 0 Å². The number of hydrogen-bond acceptors (Lipinski definition) is 2. The Kier molecular flexibility index (Phi) is 13.2. The van der Waals surface area contributed by atoms with Crippen molar-refractivity contribution in [3.63, 3.8) is 0 Å². The van der Waals surface area contributed by atoms with E-state index in [1.165, 1.54) is 12.1 Å². The summed E-state index contributed by atoms with van der Waals surface area (Å²) in [6.45, 7) is 0.585. The number of aromatic amines is 1. The van der Waals surface area contributed by atoms with Crippen LogP contribution < -0.4 is 11.1 Å². The van der Waals surface area contributed by atoms with E-state index in [2.05, 4.69) is 20.9 Å². The Bertz CT molecular complexity index is 568. The van der Waals surface area contributed by atoms with Crippen molar-refractivity contribution < 1.29 is 0 Å². The summed E-state index contributed by atoms with van der Waals surface area (Å²) in [7, 11) is 0. The van der Waals surface area contributed by atoms with Gasteiger partial charge in [-0.15, -0.1) is 23.2 Å². The average molecular weight is 396 g/mol. The summed E-state index contributed by atoms with van der Waals surface area (Å²) in [5, 5.41) is 0.897. The normalized spacial score (nSPS) is 8.90. The van der Waals surface area contributed by atoms with Gasteiger partial charge in [0.2, 0.25) is 5.56 Å². The third-order valence-corrected chi connectivity index (χ3v) is 3.19. The second kappa shape index (κ2) is 13.9. The number of pyridine rings is 2. The summed E-state index contributed by atoms with van der Waals surface area (Å²) in [5.74, 6) is 1.18. The van der Waals surface area contributed by atoms with Gasteiger partial charge in [0, 0.05) is 48.2 Å². The second-order valence-electron chi connectivity index (χ2n) is 3.53. The highest BCUT2D eigenvalue weighted by Gasteiger charge is 1.89. The standard InChI is InChI=1S/C7H8ClNO.C5H5NO.C2H4BrCl/c8-4-6-9-5-2-1-3-7(9)10;7-5-3-1-2-4-6-5;3-1-2-4/h1-3,5H,4,6H2;1-4H,(H,6,7);1-2H2. The maximum Gasteiger partial charge on any atom is 0.250 e. The Balaban J connectivity index is 0.000000317. The lowest BCUT2D eigenvalue weighted by molar-refractivity contribution is 0.732. The predicted molar refractivity (Wildman–Crippen MR) is 93.0 cm³/mol. The Morgan fingerprint density at radius 3 is 2.10 bits per heavy atom. The minimum absolute atomic E-state index is 0.00292. The molecule has 0 saturated heterocycles. The van der Waals surface area contributed by atoms with Gasteiger partial charge in [-0.1, -0.05) is 28.1 Å². The lowest BCUT2D eigenvalue weighted by Gasteiger charge is -1.98. The molecular formula is C14H17BrCl2N2O2. The highest BCUT2D eigenvalue weighted by molar-refractivity contribution is 9.09. The molecule has 0 aliphatic carbocycles. The molecule has 2 aromatic rings. The van der Waals surface area contributed by atoms with Gasteiger partial charge < -0.3 is 9.55 Å². The number of aryl methyl sites for hydroxylation is 1. The molecule has 1 N–H and O–H groups in total. The van der Waals surface area contributed by atoms with E-state index in [0.29, 0.717) is 18.3 Å². The van der Waals surface area contributed by atoms with Crippen molar-refractivity contribution in [2.75, 3.05) is 17.1 Å². The monoisotopic (exact) mass is 394 g/mol. The van der Waals surface area contributed by atoms with Gasteiger partial charge >= 0.3 is 0 Å². The summed E-state index contributed by atoms with van der Waals surface area (Å²) in [6, 6.07) is 9.98. The van der Waals surface area contributed by atoms with E-state index in [1.807, 2.05) is 6.07 Å². The first-order valence-electron chi connectivity index (χ1n) is 6.12. The number of nitrogens with one attached hydrogen (secondary N) is 1. The Morgan fingerprint density at radius 2 is 1.71 bits per heavy atom. The van der Waals surface area contributed by atoms with E-state index in [1.54, 1.807) is 35.2 Å². The molecule has 0 fully saturated rings. The number of halogens is 3. The van der Waals surface area contributed by atoms with E-state index in [4.69, 9.17) is 23.2 Å². The average Bonchev–Trinajstić information content (AvgIpc) is 2.51. The number of aromatic nitrogens is 2. The topological polar surface area (TPSA) is 54.9 Å². The molecule has 0 radical (unpaired) electrons. The molecule has 2 aromatic heterocycles. The van der Waals surface area contributed by atoms with E-state index in [-0.39, 0.29) is 11.1 Å². The van der Waals surface area contributed by atoms with Crippen LogP contribution in [0.5, 0.6) is 0 Å². The van der Waals surface area contributed by atoms with Gasteiger partial charge in [0.15, 0.2) is 0 Å². The number of alkyl halides is 3. The minimum Gasteiger partial charge on any atom is -0.329 e. The molecule has 0 amide bonds. The molecule has 0 aromatic carbocycles. The van der Waals surface area contributed by atoms with Crippen LogP contribution in [-0.4, -0.2) is 26.6 Å². The zero-order valence-electron chi connectivity index (χ0n) is 11.3. The van der Waals surface area contributed by atoms with Crippen LogP contribution in [0.15, 0.2) is 58.4 Å². The van der Waals surface area contributed by atoms with Crippen molar-refractivity contribution in [3.05, 3.63) is 69.5 Å². The van der Waals surface area contributed by atoms with Gasteiger partial charge in [0.1, 0.15) is 0 Å². The van der Waals surface area contributed by atoms with Crippen molar-refractivity contribution in [1.82, 2.24) is 9.55 Å². The molecule has 0 spiro atoms. The molecule has 0 saturated carbocycles. The molecule has 0 unspecified atom stereocenters. The largest absolute Gasteiger partial charge is 0.329 e. The maximum atomic E-state index is 10.9. The molecule has 0 atom stereocenters. The van der Waals surface area contributed by atoms with E-state index in [9.17, 15) is 9.59 Å². The first kappa shape index (κ1) is 20.0. The van der Waals surface area contributed by atoms with Gasteiger partial charge in [-0.3, -0.25) is 9.59 Å². The van der Waals surface area contributed by atoms with Gasteiger partial charge in [-0.2, -0.15) is 0 Å². The van der Waals surface area contributed by atoms with E-state index >= 15 is 0 Å². The Labute approximate surface area is 141 Å².